The molecule has 0 bridgehead atoms. The summed E-state index contributed by atoms with van der Waals surface area (Å²) in [6.45, 7) is 2.55. The first-order chi connectivity index (χ1) is 8.07. The summed E-state index contributed by atoms with van der Waals surface area (Å²) in [6.07, 6.45) is 1.49. The van der Waals surface area contributed by atoms with Crippen LogP contribution in [0.5, 0.6) is 5.75 Å². The van der Waals surface area contributed by atoms with Crippen molar-refractivity contribution in [3.05, 3.63) is 29.3 Å². The van der Waals surface area contributed by atoms with Crippen LogP contribution in [-0.4, -0.2) is 23.2 Å². The molecule has 0 spiro atoms. The highest BCUT2D eigenvalue weighted by atomic mass is 16.5. The van der Waals surface area contributed by atoms with Crippen LogP contribution >= 0.6 is 0 Å². The third-order valence-electron chi connectivity index (χ3n) is 3.28. The van der Waals surface area contributed by atoms with Gasteiger partial charge in [-0.05, 0) is 37.0 Å². The van der Waals surface area contributed by atoms with E-state index in [1.165, 1.54) is 0 Å². The predicted octanol–water partition coefficient (Wildman–Crippen LogP) is 1.36. The molecule has 1 aromatic carbocycles. The van der Waals surface area contributed by atoms with Crippen LogP contribution in [0, 0.1) is 0 Å². The van der Waals surface area contributed by atoms with Crippen molar-refractivity contribution in [3.8, 4) is 5.75 Å². The van der Waals surface area contributed by atoms with Gasteiger partial charge in [-0.15, -0.1) is 0 Å². The number of carboxylic acid groups (broad SMARTS) is 1. The van der Waals surface area contributed by atoms with Gasteiger partial charge in [-0.25, -0.2) is 0 Å². The second-order valence-electron chi connectivity index (χ2n) is 4.46. The number of benzene rings is 1. The quantitative estimate of drug-likeness (QED) is 0.829. The average molecular weight is 235 g/mol. The first kappa shape index (κ1) is 11.9. The first-order valence-corrected chi connectivity index (χ1v) is 5.82. The molecule has 1 aromatic rings. The van der Waals surface area contributed by atoms with Crippen LogP contribution in [0.2, 0.25) is 0 Å². The zero-order chi connectivity index (χ0) is 12.5. The number of carbonyl (C=O) groups is 1. The third kappa shape index (κ3) is 2.13. The number of nitrogens with two attached hydrogens (primary N) is 1. The van der Waals surface area contributed by atoms with Crippen molar-refractivity contribution in [2.24, 2.45) is 5.73 Å². The Balaban J connectivity index is 2.34. The Kier molecular flexibility index (Phi) is 3.07. The normalized spacial score (nSPS) is 22.9. The molecule has 1 unspecified atom stereocenters. The van der Waals surface area contributed by atoms with Crippen LogP contribution in [0.15, 0.2) is 18.2 Å². The average Bonchev–Trinajstić information content (AvgIpc) is 2.29. The Hall–Kier alpha value is -1.55. The molecule has 0 fully saturated rings. The summed E-state index contributed by atoms with van der Waals surface area (Å²) in [6, 6.07) is 5.74. The van der Waals surface area contributed by atoms with E-state index in [9.17, 15) is 4.79 Å². The molecule has 2 rings (SSSR count). The lowest BCUT2D eigenvalue weighted by atomic mass is 9.78. The minimum absolute atomic E-state index is 0.374. The van der Waals surface area contributed by atoms with E-state index in [2.05, 4.69) is 0 Å². The second kappa shape index (κ2) is 4.37. The molecule has 0 aromatic heterocycles. The van der Waals surface area contributed by atoms with E-state index in [-0.39, 0.29) is 0 Å². The van der Waals surface area contributed by atoms with E-state index >= 15 is 0 Å². The van der Waals surface area contributed by atoms with Crippen LogP contribution < -0.4 is 10.5 Å². The molecule has 4 nitrogen and oxygen atoms in total. The molecule has 3 N–H and O–H groups in total. The molecule has 1 atom stereocenters. The van der Waals surface area contributed by atoms with Gasteiger partial charge in [0.25, 0.3) is 0 Å². The molecule has 4 heteroatoms. The molecule has 92 valence electrons. The summed E-state index contributed by atoms with van der Waals surface area (Å²) in [5, 5.41) is 9.14. The number of ether oxygens (including phenoxy) is 1. The van der Waals surface area contributed by atoms with Crippen molar-refractivity contribution >= 4 is 5.97 Å². The topological polar surface area (TPSA) is 72.5 Å². The highest BCUT2D eigenvalue weighted by Gasteiger charge is 2.38. The van der Waals surface area contributed by atoms with Gasteiger partial charge in [0.2, 0.25) is 0 Å². The molecule has 0 amide bonds. The molecule has 0 radical (unpaired) electrons. The predicted molar refractivity (Wildman–Crippen MR) is 64.2 cm³/mol. The van der Waals surface area contributed by atoms with Crippen LogP contribution in [-0.2, 0) is 17.6 Å². The number of carboxylic acids is 1. The smallest absolute Gasteiger partial charge is 0.324 e. The van der Waals surface area contributed by atoms with Gasteiger partial charge >= 0.3 is 5.97 Å². The molecule has 0 saturated heterocycles. The molecule has 17 heavy (non-hydrogen) atoms. The summed E-state index contributed by atoms with van der Waals surface area (Å²) in [5.41, 5.74) is 6.87. The number of fused-ring (bicyclic) bond motifs is 1. The molecule has 1 aliphatic rings. The summed E-state index contributed by atoms with van der Waals surface area (Å²) in [7, 11) is 0. The van der Waals surface area contributed by atoms with E-state index < -0.39 is 11.5 Å². The minimum atomic E-state index is -1.13. The summed E-state index contributed by atoms with van der Waals surface area (Å²) in [5.74, 6) is -0.0672. The van der Waals surface area contributed by atoms with Crippen LogP contribution in [0.4, 0.5) is 0 Å². The standard InChI is InChI=1S/C13H17NO3/c1-2-17-11-5-3-4-9-8-13(14,12(15)16)7-6-10(9)11/h3-5H,2,6-8,14H2,1H3,(H,15,16). The Bertz CT molecular complexity index is 444. The molecule has 0 saturated carbocycles. The maximum atomic E-state index is 11.1. The zero-order valence-corrected chi connectivity index (χ0v) is 9.90. The Morgan fingerprint density at radius 3 is 3.00 bits per heavy atom. The van der Waals surface area contributed by atoms with Crippen molar-refractivity contribution in [1.29, 1.82) is 0 Å². The summed E-state index contributed by atoms with van der Waals surface area (Å²) < 4.78 is 5.54. The lowest BCUT2D eigenvalue weighted by Crippen LogP contribution is -2.52. The van der Waals surface area contributed by atoms with Gasteiger partial charge in [0, 0.05) is 6.42 Å². The Labute approximate surface area is 100 Å². The van der Waals surface area contributed by atoms with Gasteiger partial charge in [0.1, 0.15) is 11.3 Å². The van der Waals surface area contributed by atoms with Gasteiger partial charge in [0.05, 0.1) is 6.61 Å². The van der Waals surface area contributed by atoms with Crippen LogP contribution in [0.25, 0.3) is 0 Å². The largest absolute Gasteiger partial charge is 0.494 e. The van der Waals surface area contributed by atoms with Gasteiger partial charge in [-0.2, -0.15) is 0 Å². The van der Waals surface area contributed by atoms with Crippen LogP contribution in [0.1, 0.15) is 24.5 Å². The Morgan fingerprint density at radius 2 is 2.35 bits per heavy atom. The molecule has 1 aliphatic carbocycles. The van der Waals surface area contributed by atoms with Gasteiger partial charge in [-0.3, -0.25) is 4.79 Å². The maximum absolute atomic E-state index is 11.1. The number of aliphatic carboxylic acids is 1. The van der Waals surface area contributed by atoms with Crippen LogP contribution in [0.3, 0.4) is 0 Å². The lowest BCUT2D eigenvalue weighted by molar-refractivity contribution is -0.143. The van der Waals surface area contributed by atoms with E-state index in [0.29, 0.717) is 25.9 Å². The van der Waals surface area contributed by atoms with Gasteiger partial charge < -0.3 is 15.6 Å². The maximum Gasteiger partial charge on any atom is 0.324 e. The van der Waals surface area contributed by atoms with E-state index in [1.54, 1.807) is 0 Å². The molecule has 0 heterocycles. The highest BCUT2D eigenvalue weighted by Crippen LogP contribution is 2.33. The van der Waals surface area contributed by atoms with E-state index in [4.69, 9.17) is 15.6 Å². The number of hydrogen-bond acceptors (Lipinski definition) is 3. The fraction of sp³-hybridized carbons (Fsp3) is 0.462. The third-order valence-corrected chi connectivity index (χ3v) is 3.28. The minimum Gasteiger partial charge on any atom is -0.494 e. The zero-order valence-electron chi connectivity index (χ0n) is 9.90. The van der Waals surface area contributed by atoms with Crippen molar-refractivity contribution in [1.82, 2.24) is 0 Å². The lowest BCUT2D eigenvalue weighted by Gasteiger charge is -2.31. The number of hydrogen-bond donors (Lipinski definition) is 2. The molecule has 0 aliphatic heterocycles. The fourth-order valence-electron chi connectivity index (χ4n) is 2.31. The Morgan fingerprint density at radius 1 is 1.59 bits per heavy atom. The monoisotopic (exact) mass is 235 g/mol. The SMILES string of the molecule is CCOc1cccc2c1CCC(N)(C(=O)O)C2. The summed E-state index contributed by atoms with van der Waals surface area (Å²) >= 11 is 0. The van der Waals surface area contributed by atoms with E-state index in [1.807, 2.05) is 25.1 Å². The second-order valence-corrected chi connectivity index (χ2v) is 4.46. The van der Waals surface area contributed by atoms with Gasteiger partial charge in [-0.1, -0.05) is 12.1 Å². The first-order valence-electron chi connectivity index (χ1n) is 5.82. The van der Waals surface area contributed by atoms with Crippen molar-refractivity contribution < 1.29 is 14.6 Å². The van der Waals surface area contributed by atoms with E-state index in [0.717, 1.165) is 16.9 Å². The molecular weight excluding hydrogens is 218 g/mol. The highest BCUT2D eigenvalue weighted by molar-refractivity contribution is 5.79. The molecular formula is C13H17NO3. The fourth-order valence-corrected chi connectivity index (χ4v) is 2.31. The van der Waals surface area contributed by atoms with Crippen molar-refractivity contribution in [2.45, 2.75) is 31.7 Å². The summed E-state index contributed by atoms with van der Waals surface area (Å²) in [4.78, 5) is 11.1. The number of rotatable bonds is 3. The van der Waals surface area contributed by atoms with Crippen molar-refractivity contribution in [2.75, 3.05) is 6.61 Å². The van der Waals surface area contributed by atoms with Gasteiger partial charge in [0.15, 0.2) is 0 Å². The van der Waals surface area contributed by atoms with Crippen molar-refractivity contribution in [3.63, 3.8) is 0 Å².